The molecule has 0 aliphatic rings. The van der Waals surface area contributed by atoms with Gasteiger partial charge in [0.2, 0.25) is 0 Å². The molecule has 0 bridgehead atoms. The first kappa shape index (κ1) is 9.45. The zero-order valence-corrected chi connectivity index (χ0v) is 7.21. The van der Waals surface area contributed by atoms with Crippen LogP contribution in [0.1, 0.15) is 17.3 Å². The van der Waals surface area contributed by atoms with E-state index in [4.69, 9.17) is 4.74 Å². The van der Waals surface area contributed by atoms with E-state index < -0.39 is 5.82 Å². The lowest BCUT2D eigenvalue weighted by atomic mass is 10.1. The van der Waals surface area contributed by atoms with Crippen molar-refractivity contribution in [3.8, 4) is 5.75 Å². The summed E-state index contributed by atoms with van der Waals surface area (Å²) in [5.41, 5.74) is 0.0661. The maximum Gasteiger partial charge on any atom is 0.162 e. The van der Waals surface area contributed by atoms with Crippen LogP contribution < -0.4 is 4.74 Å². The van der Waals surface area contributed by atoms with Crippen molar-refractivity contribution >= 4 is 5.78 Å². The number of Topliss-reactive ketones (excluding diaryl/α,β-unsaturated/α-hetero) is 1. The summed E-state index contributed by atoms with van der Waals surface area (Å²) in [7, 11) is 0. The van der Waals surface area contributed by atoms with Gasteiger partial charge in [-0.3, -0.25) is 4.79 Å². The third-order valence-electron chi connectivity index (χ3n) is 1.54. The molecule has 0 radical (unpaired) electrons. The third kappa shape index (κ3) is 2.15. The van der Waals surface area contributed by atoms with E-state index in [0.29, 0.717) is 5.75 Å². The number of ketones is 1. The van der Waals surface area contributed by atoms with Crippen LogP contribution in [0.5, 0.6) is 5.75 Å². The highest BCUT2D eigenvalue weighted by Crippen LogP contribution is 2.16. The molecule has 68 valence electrons. The molecule has 3 heteroatoms. The molecule has 0 unspecified atom stereocenters. The van der Waals surface area contributed by atoms with Crippen LogP contribution >= 0.6 is 0 Å². The van der Waals surface area contributed by atoms with Crippen molar-refractivity contribution in [3.05, 3.63) is 42.4 Å². The Morgan fingerprint density at radius 1 is 1.62 bits per heavy atom. The van der Waals surface area contributed by atoms with Crippen molar-refractivity contribution in [2.75, 3.05) is 0 Å². The summed E-state index contributed by atoms with van der Waals surface area (Å²) in [6.07, 6.45) is 1.20. The third-order valence-corrected chi connectivity index (χ3v) is 1.54. The van der Waals surface area contributed by atoms with E-state index in [1.54, 1.807) is 0 Å². The average molecular weight is 180 g/mol. The van der Waals surface area contributed by atoms with Gasteiger partial charge in [-0.2, -0.15) is 0 Å². The maximum absolute atomic E-state index is 13.1. The van der Waals surface area contributed by atoms with Gasteiger partial charge in [0, 0.05) is 6.07 Å². The van der Waals surface area contributed by atoms with Crippen molar-refractivity contribution in [2.45, 2.75) is 6.92 Å². The number of carbonyl (C=O) groups is 1. The van der Waals surface area contributed by atoms with Crippen molar-refractivity contribution in [3.63, 3.8) is 0 Å². The fourth-order valence-corrected chi connectivity index (χ4v) is 0.951. The fourth-order valence-electron chi connectivity index (χ4n) is 0.951. The molecule has 0 aromatic heterocycles. The van der Waals surface area contributed by atoms with Crippen molar-refractivity contribution in [1.82, 2.24) is 0 Å². The molecule has 0 aliphatic heterocycles. The summed E-state index contributed by atoms with van der Waals surface area (Å²) in [5.74, 6) is -0.549. The molecule has 0 aliphatic carbocycles. The van der Waals surface area contributed by atoms with Gasteiger partial charge in [0.25, 0.3) is 0 Å². The largest absolute Gasteiger partial charge is 0.466 e. The van der Waals surface area contributed by atoms with E-state index in [1.807, 2.05) is 0 Å². The lowest BCUT2D eigenvalue weighted by Crippen LogP contribution is -1.96. The molecule has 2 nitrogen and oxygen atoms in total. The molecular weight excluding hydrogens is 171 g/mol. The van der Waals surface area contributed by atoms with Crippen LogP contribution in [0.25, 0.3) is 0 Å². The smallest absolute Gasteiger partial charge is 0.162 e. The quantitative estimate of drug-likeness (QED) is 0.527. The second-order valence-electron chi connectivity index (χ2n) is 2.48. The van der Waals surface area contributed by atoms with Crippen molar-refractivity contribution in [1.29, 1.82) is 0 Å². The molecule has 0 saturated heterocycles. The number of hydrogen-bond acceptors (Lipinski definition) is 2. The maximum atomic E-state index is 13.1. The first-order chi connectivity index (χ1) is 6.15. The van der Waals surface area contributed by atoms with Gasteiger partial charge in [0.05, 0.1) is 11.8 Å². The lowest BCUT2D eigenvalue weighted by Gasteiger charge is -2.01. The highest BCUT2D eigenvalue weighted by Gasteiger charge is 2.07. The van der Waals surface area contributed by atoms with Gasteiger partial charge >= 0.3 is 0 Å². The molecule has 0 spiro atoms. The first-order valence-electron chi connectivity index (χ1n) is 3.73. The lowest BCUT2D eigenvalue weighted by molar-refractivity contribution is 0.101. The minimum atomic E-state index is -0.577. The van der Waals surface area contributed by atoms with Gasteiger partial charge in [0.1, 0.15) is 11.6 Å². The standard InChI is InChI=1S/C10H9FO2/c1-3-13-8-4-5-9(7(2)12)10(11)6-8/h3-6H,1H2,2H3. The Labute approximate surface area is 75.6 Å². The minimum absolute atomic E-state index is 0.0661. The Morgan fingerprint density at radius 3 is 2.77 bits per heavy atom. The van der Waals surface area contributed by atoms with Gasteiger partial charge in [-0.1, -0.05) is 6.58 Å². The second kappa shape index (κ2) is 3.85. The highest BCUT2D eigenvalue weighted by atomic mass is 19.1. The zero-order valence-electron chi connectivity index (χ0n) is 7.21. The van der Waals surface area contributed by atoms with Crippen LogP contribution in [0, 0.1) is 5.82 Å². The van der Waals surface area contributed by atoms with E-state index in [-0.39, 0.29) is 11.3 Å². The summed E-state index contributed by atoms with van der Waals surface area (Å²) >= 11 is 0. The van der Waals surface area contributed by atoms with Crippen LogP contribution in [0.4, 0.5) is 4.39 Å². The molecule has 0 N–H and O–H groups in total. The second-order valence-corrected chi connectivity index (χ2v) is 2.48. The predicted molar refractivity (Wildman–Crippen MR) is 47.2 cm³/mol. The van der Waals surface area contributed by atoms with E-state index in [9.17, 15) is 9.18 Å². The first-order valence-corrected chi connectivity index (χ1v) is 3.73. The summed E-state index contributed by atoms with van der Waals surface area (Å²) < 4.78 is 17.9. The molecule has 0 amide bonds. The topological polar surface area (TPSA) is 26.3 Å². The van der Waals surface area contributed by atoms with E-state index in [2.05, 4.69) is 6.58 Å². The Bertz CT molecular complexity index is 345. The number of ether oxygens (including phenoxy) is 1. The zero-order chi connectivity index (χ0) is 9.84. The van der Waals surface area contributed by atoms with Gasteiger partial charge in [-0.15, -0.1) is 0 Å². The molecule has 0 saturated carbocycles. The molecule has 1 rings (SSSR count). The summed E-state index contributed by atoms with van der Waals surface area (Å²) in [5, 5.41) is 0. The number of benzene rings is 1. The minimum Gasteiger partial charge on any atom is -0.466 e. The van der Waals surface area contributed by atoms with Crippen LogP contribution in [0.3, 0.4) is 0 Å². The Morgan fingerprint density at radius 2 is 2.31 bits per heavy atom. The number of hydrogen-bond donors (Lipinski definition) is 0. The molecule has 13 heavy (non-hydrogen) atoms. The van der Waals surface area contributed by atoms with Crippen LogP contribution in [0.2, 0.25) is 0 Å². The number of halogens is 1. The van der Waals surface area contributed by atoms with E-state index in [1.165, 1.54) is 25.3 Å². The average Bonchev–Trinajstić information content (AvgIpc) is 2.04. The van der Waals surface area contributed by atoms with E-state index >= 15 is 0 Å². The SMILES string of the molecule is C=COc1ccc(C(C)=O)c(F)c1. The molecule has 1 aromatic rings. The van der Waals surface area contributed by atoms with Gasteiger partial charge < -0.3 is 4.74 Å². The molecule has 0 heterocycles. The normalized spacial score (nSPS) is 9.38. The van der Waals surface area contributed by atoms with Crippen LogP contribution in [-0.2, 0) is 0 Å². The molecular formula is C10H9FO2. The van der Waals surface area contributed by atoms with Crippen molar-refractivity contribution in [2.24, 2.45) is 0 Å². The van der Waals surface area contributed by atoms with Crippen LogP contribution in [-0.4, -0.2) is 5.78 Å². The number of carbonyl (C=O) groups excluding carboxylic acids is 1. The Balaban J connectivity index is 3.05. The summed E-state index contributed by atoms with van der Waals surface area (Å²) in [6.45, 7) is 4.64. The summed E-state index contributed by atoms with van der Waals surface area (Å²) in [6, 6.07) is 4.05. The monoisotopic (exact) mass is 180 g/mol. The fraction of sp³-hybridized carbons (Fsp3) is 0.100. The Hall–Kier alpha value is -1.64. The van der Waals surface area contributed by atoms with Gasteiger partial charge in [0.15, 0.2) is 5.78 Å². The van der Waals surface area contributed by atoms with Gasteiger partial charge in [-0.05, 0) is 19.1 Å². The number of rotatable bonds is 3. The highest BCUT2D eigenvalue weighted by molar-refractivity contribution is 5.94. The summed E-state index contributed by atoms with van der Waals surface area (Å²) in [4.78, 5) is 10.8. The molecule has 0 atom stereocenters. The molecule has 1 aromatic carbocycles. The Kier molecular flexibility index (Phi) is 2.80. The predicted octanol–water partition coefficient (Wildman–Crippen LogP) is 2.55. The van der Waals surface area contributed by atoms with Crippen molar-refractivity contribution < 1.29 is 13.9 Å². The molecule has 0 fully saturated rings. The van der Waals surface area contributed by atoms with Crippen LogP contribution in [0.15, 0.2) is 31.0 Å². The van der Waals surface area contributed by atoms with Gasteiger partial charge in [-0.25, -0.2) is 4.39 Å². The van der Waals surface area contributed by atoms with E-state index in [0.717, 1.165) is 6.07 Å².